The lowest BCUT2D eigenvalue weighted by Crippen LogP contribution is -2.38. The van der Waals surface area contributed by atoms with Gasteiger partial charge in [0.15, 0.2) is 11.1 Å². The minimum atomic E-state index is 0.587. The minimum absolute atomic E-state index is 0.587. The van der Waals surface area contributed by atoms with Gasteiger partial charge in [0.2, 0.25) is 0 Å². The zero-order valence-electron chi connectivity index (χ0n) is 17.5. The van der Waals surface area contributed by atoms with Crippen molar-refractivity contribution in [2.24, 2.45) is 16.8 Å². The van der Waals surface area contributed by atoms with Gasteiger partial charge in [-0.2, -0.15) is 0 Å². The van der Waals surface area contributed by atoms with E-state index in [1.54, 1.807) is 11.8 Å². The van der Waals surface area contributed by atoms with Crippen LogP contribution in [0.25, 0.3) is 0 Å². The first-order chi connectivity index (χ1) is 12.5. The third kappa shape index (κ3) is 8.92. The van der Waals surface area contributed by atoms with Gasteiger partial charge in [0.1, 0.15) is 5.82 Å². The van der Waals surface area contributed by atoms with Crippen LogP contribution >= 0.6 is 11.8 Å². The van der Waals surface area contributed by atoms with Crippen molar-refractivity contribution >= 4 is 17.7 Å². The fourth-order valence-corrected chi connectivity index (χ4v) is 3.21. The Hall–Kier alpha value is -1.24. The van der Waals surface area contributed by atoms with Crippen LogP contribution in [0.2, 0.25) is 0 Å². The predicted octanol–water partition coefficient (Wildman–Crippen LogP) is 3.58. The summed E-state index contributed by atoms with van der Waals surface area (Å²) in [4.78, 5) is 4.69. The van der Waals surface area contributed by atoms with Crippen molar-refractivity contribution in [1.29, 1.82) is 0 Å². The number of aryl methyl sites for hydroxylation is 1. The van der Waals surface area contributed by atoms with E-state index < -0.39 is 0 Å². The molecule has 0 amide bonds. The highest BCUT2D eigenvalue weighted by molar-refractivity contribution is 7.98. The maximum atomic E-state index is 4.69. The van der Waals surface area contributed by atoms with E-state index in [9.17, 15) is 0 Å². The van der Waals surface area contributed by atoms with Crippen LogP contribution in [0, 0.1) is 11.8 Å². The monoisotopic (exact) mass is 382 g/mol. The second-order valence-electron chi connectivity index (χ2n) is 7.43. The van der Waals surface area contributed by atoms with Crippen LogP contribution in [0.1, 0.15) is 59.7 Å². The molecule has 0 aliphatic heterocycles. The van der Waals surface area contributed by atoms with Gasteiger partial charge in [0.25, 0.3) is 0 Å². The standard InChI is InChI=1S/C19H38N6S/c1-7-20-18(21-12-8-10-15(2)3)22-13-9-11-17-23-24-19(26-6)25(17)14-16(4)5/h15-16H,7-14H2,1-6H3,(H2,20,21,22). The maximum absolute atomic E-state index is 4.69. The van der Waals surface area contributed by atoms with Gasteiger partial charge in [-0.05, 0) is 44.3 Å². The minimum Gasteiger partial charge on any atom is -0.357 e. The van der Waals surface area contributed by atoms with Crippen molar-refractivity contribution in [2.75, 3.05) is 25.9 Å². The van der Waals surface area contributed by atoms with E-state index in [0.29, 0.717) is 5.92 Å². The molecule has 1 aromatic heterocycles. The van der Waals surface area contributed by atoms with Crippen molar-refractivity contribution in [2.45, 2.75) is 72.0 Å². The summed E-state index contributed by atoms with van der Waals surface area (Å²) in [7, 11) is 0. The zero-order valence-corrected chi connectivity index (χ0v) is 18.3. The van der Waals surface area contributed by atoms with E-state index in [2.05, 4.69) is 66.3 Å². The number of guanidine groups is 1. The van der Waals surface area contributed by atoms with Crippen LogP contribution in [0.3, 0.4) is 0 Å². The van der Waals surface area contributed by atoms with E-state index in [1.165, 1.54) is 12.8 Å². The number of aromatic nitrogens is 3. The van der Waals surface area contributed by atoms with E-state index in [-0.39, 0.29) is 0 Å². The molecule has 0 saturated carbocycles. The van der Waals surface area contributed by atoms with Gasteiger partial charge in [-0.1, -0.05) is 39.5 Å². The number of thioether (sulfide) groups is 1. The van der Waals surface area contributed by atoms with Gasteiger partial charge in [0, 0.05) is 32.6 Å². The molecule has 150 valence electrons. The Labute approximate surface area is 164 Å². The summed E-state index contributed by atoms with van der Waals surface area (Å²) < 4.78 is 2.26. The third-order valence-electron chi connectivity index (χ3n) is 3.95. The molecule has 0 saturated heterocycles. The first-order valence-electron chi connectivity index (χ1n) is 9.96. The molecule has 0 atom stereocenters. The molecule has 0 unspecified atom stereocenters. The van der Waals surface area contributed by atoms with Gasteiger partial charge < -0.3 is 15.2 Å². The fraction of sp³-hybridized carbons (Fsp3) is 0.842. The van der Waals surface area contributed by atoms with E-state index >= 15 is 0 Å². The normalized spacial score (nSPS) is 12.2. The average molecular weight is 383 g/mol. The van der Waals surface area contributed by atoms with Crippen LogP contribution < -0.4 is 10.6 Å². The molecule has 0 spiro atoms. The lowest BCUT2D eigenvalue weighted by atomic mass is 10.1. The number of rotatable bonds is 12. The fourth-order valence-electron chi connectivity index (χ4n) is 2.69. The molecule has 0 bridgehead atoms. The van der Waals surface area contributed by atoms with Crippen LogP contribution in [0.5, 0.6) is 0 Å². The van der Waals surface area contributed by atoms with Crippen LogP contribution in [0.15, 0.2) is 10.1 Å². The third-order valence-corrected chi connectivity index (χ3v) is 4.61. The van der Waals surface area contributed by atoms with Gasteiger partial charge in [0.05, 0.1) is 0 Å². The maximum Gasteiger partial charge on any atom is 0.191 e. The number of hydrogen-bond donors (Lipinski definition) is 2. The topological polar surface area (TPSA) is 67.1 Å². The molecule has 7 heteroatoms. The highest BCUT2D eigenvalue weighted by atomic mass is 32.2. The summed E-state index contributed by atoms with van der Waals surface area (Å²) in [5.74, 6) is 3.34. The Morgan fingerprint density at radius 1 is 1.12 bits per heavy atom. The largest absolute Gasteiger partial charge is 0.357 e. The Bertz CT molecular complexity index is 524. The molecule has 1 aromatic rings. The molecule has 1 heterocycles. The molecule has 0 radical (unpaired) electrons. The molecule has 6 nitrogen and oxygen atoms in total. The Balaban J connectivity index is 2.48. The Morgan fingerprint density at radius 2 is 1.88 bits per heavy atom. The van der Waals surface area contributed by atoms with E-state index in [1.807, 2.05) is 0 Å². The van der Waals surface area contributed by atoms with E-state index in [0.717, 1.165) is 61.9 Å². The quantitative estimate of drug-likeness (QED) is 0.250. The molecule has 26 heavy (non-hydrogen) atoms. The number of aliphatic imine (C=N–C) groups is 1. The van der Waals surface area contributed by atoms with Crippen molar-refractivity contribution in [3.05, 3.63) is 5.82 Å². The number of nitrogens with zero attached hydrogens (tertiary/aromatic N) is 4. The molecule has 1 rings (SSSR count). The first-order valence-corrected chi connectivity index (χ1v) is 11.2. The molecule has 0 aliphatic carbocycles. The van der Waals surface area contributed by atoms with Crippen LogP contribution in [0.4, 0.5) is 0 Å². The second-order valence-corrected chi connectivity index (χ2v) is 8.21. The molecule has 0 fully saturated rings. The lowest BCUT2D eigenvalue weighted by molar-refractivity contribution is 0.477. The number of hydrogen-bond acceptors (Lipinski definition) is 4. The van der Waals surface area contributed by atoms with Crippen molar-refractivity contribution in [3.63, 3.8) is 0 Å². The summed E-state index contributed by atoms with van der Waals surface area (Å²) in [5, 5.41) is 16.5. The van der Waals surface area contributed by atoms with Crippen molar-refractivity contribution in [3.8, 4) is 0 Å². The van der Waals surface area contributed by atoms with Gasteiger partial charge in [-0.25, -0.2) is 0 Å². The molecule has 0 aromatic carbocycles. The smallest absolute Gasteiger partial charge is 0.191 e. The summed E-state index contributed by atoms with van der Waals surface area (Å²) >= 11 is 1.66. The first kappa shape index (κ1) is 22.8. The van der Waals surface area contributed by atoms with E-state index in [4.69, 9.17) is 4.99 Å². The molecule has 2 N–H and O–H groups in total. The SMILES string of the molecule is CCNC(=NCCCc1nnc(SC)n1CC(C)C)NCCCC(C)C. The summed E-state index contributed by atoms with van der Waals surface area (Å²) in [6, 6.07) is 0. The Morgan fingerprint density at radius 3 is 2.50 bits per heavy atom. The van der Waals surface area contributed by atoms with Gasteiger partial charge in [-0.15, -0.1) is 10.2 Å². The number of nitrogens with one attached hydrogen (secondary N) is 2. The van der Waals surface area contributed by atoms with Crippen LogP contribution in [-0.2, 0) is 13.0 Å². The van der Waals surface area contributed by atoms with Crippen molar-refractivity contribution in [1.82, 2.24) is 25.4 Å². The van der Waals surface area contributed by atoms with Gasteiger partial charge >= 0.3 is 0 Å². The zero-order chi connectivity index (χ0) is 19.4. The summed E-state index contributed by atoms with van der Waals surface area (Å²) in [6.45, 7) is 14.7. The lowest BCUT2D eigenvalue weighted by Gasteiger charge is -2.12. The summed E-state index contributed by atoms with van der Waals surface area (Å²) in [5.41, 5.74) is 0. The van der Waals surface area contributed by atoms with Gasteiger partial charge in [-0.3, -0.25) is 4.99 Å². The highest BCUT2D eigenvalue weighted by Gasteiger charge is 2.12. The Kier molecular flexibility index (Phi) is 11.4. The molecule has 0 aliphatic rings. The molecular weight excluding hydrogens is 344 g/mol. The highest BCUT2D eigenvalue weighted by Crippen LogP contribution is 2.16. The average Bonchev–Trinajstić information content (AvgIpc) is 2.96. The van der Waals surface area contributed by atoms with Crippen LogP contribution in [-0.4, -0.2) is 46.6 Å². The predicted molar refractivity (Wildman–Crippen MR) is 113 cm³/mol. The van der Waals surface area contributed by atoms with Crippen molar-refractivity contribution < 1.29 is 0 Å². The molecular formula is C19H38N6S. The second kappa shape index (κ2) is 13.0. The summed E-state index contributed by atoms with van der Waals surface area (Å²) in [6.07, 6.45) is 6.37.